The van der Waals surface area contributed by atoms with Gasteiger partial charge in [-0.1, -0.05) is 71.8 Å². The molecule has 3 aliphatic carbocycles. The van der Waals surface area contributed by atoms with Gasteiger partial charge in [-0.2, -0.15) is 0 Å². The Morgan fingerprint density at radius 3 is 2.21 bits per heavy atom. The molecule has 4 aliphatic rings. The van der Waals surface area contributed by atoms with E-state index in [1.54, 1.807) is 4.90 Å². The van der Waals surface area contributed by atoms with E-state index >= 15 is 0 Å². The van der Waals surface area contributed by atoms with E-state index in [4.69, 9.17) is 0 Å². The van der Waals surface area contributed by atoms with Gasteiger partial charge in [-0.15, -0.1) is 6.58 Å². The Bertz CT molecular complexity index is 1320. The molecule has 1 heterocycles. The largest absolute Gasteiger partial charge is 0.346 e. The van der Waals surface area contributed by atoms with Gasteiger partial charge in [0, 0.05) is 19.3 Å². The minimum atomic E-state index is -3.38. The van der Waals surface area contributed by atoms with E-state index in [9.17, 15) is 32.4 Å². The molecule has 47 heavy (non-hydrogen) atoms. The number of urea groups is 1. The van der Waals surface area contributed by atoms with E-state index in [1.807, 2.05) is 6.92 Å². The average molecular weight is 678 g/mol. The normalized spacial score (nSPS) is 26.2. The quantitative estimate of drug-likeness (QED) is 0.162. The number of ketones is 1. The highest BCUT2D eigenvalue weighted by Crippen LogP contribution is 2.65. The molecule has 1 saturated heterocycles. The number of fused-ring (bicyclic) bond motifs is 1. The summed E-state index contributed by atoms with van der Waals surface area (Å²) in [4.78, 5) is 69.2. The molecule has 0 aromatic rings. The molecule has 0 bridgehead atoms. The Morgan fingerprint density at radius 2 is 1.62 bits per heavy atom. The summed E-state index contributed by atoms with van der Waals surface area (Å²) in [7, 11) is -3.38. The average Bonchev–Trinajstić information content (AvgIpc) is 3.32. The first kappa shape index (κ1) is 36.9. The van der Waals surface area contributed by atoms with Crippen LogP contribution in [0.2, 0.25) is 0 Å². The number of hydrogen-bond donors (Lipinski definition) is 4. The van der Waals surface area contributed by atoms with Crippen LogP contribution in [0.3, 0.4) is 0 Å². The second-order valence-corrected chi connectivity index (χ2v) is 17.1. The molecule has 1 aliphatic heterocycles. The van der Waals surface area contributed by atoms with Crippen LogP contribution in [0, 0.1) is 23.2 Å². The van der Waals surface area contributed by atoms with Gasteiger partial charge in [-0.05, 0) is 55.3 Å². The zero-order valence-electron chi connectivity index (χ0n) is 28.6. The standard InChI is InChI=1S/C34H55N5O7S/c1-6-14-24(28(40)30(42)35-19-7-2)36-29(41)27-25-23(33(25,3)4)20-39(27)31(43)26(22-15-10-8-11-16-22)37-32(44)38-34(21-47(5,45)46)17-12-9-13-18-34/h7,22-27H,2,6,8-21H2,1,3-5H3,(H,35,42)(H,36,41)(H2,37,38,44)/t23-,24?,25-,26-,27-/m0/s1. The molecule has 1 unspecified atom stereocenters. The van der Waals surface area contributed by atoms with Gasteiger partial charge in [0.2, 0.25) is 17.6 Å². The van der Waals surface area contributed by atoms with Gasteiger partial charge in [0.1, 0.15) is 21.9 Å². The predicted octanol–water partition coefficient (Wildman–Crippen LogP) is 2.62. The number of amides is 5. The third-order valence-corrected chi connectivity index (χ3v) is 12.1. The summed E-state index contributed by atoms with van der Waals surface area (Å²) in [6.45, 7) is 10.0. The summed E-state index contributed by atoms with van der Waals surface area (Å²) in [6.07, 6.45) is 11.5. The summed E-state index contributed by atoms with van der Waals surface area (Å²) in [5, 5.41) is 11.2. The number of rotatable bonds is 14. The number of nitrogens with one attached hydrogen (secondary N) is 4. The van der Waals surface area contributed by atoms with Crippen molar-refractivity contribution < 1.29 is 32.4 Å². The van der Waals surface area contributed by atoms with Crippen molar-refractivity contribution in [1.82, 2.24) is 26.2 Å². The maximum atomic E-state index is 14.5. The van der Waals surface area contributed by atoms with Crippen LogP contribution >= 0.6 is 0 Å². The summed E-state index contributed by atoms with van der Waals surface area (Å²) < 4.78 is 24.7. The number of piperidine rings is 1. The molecule has 0 spiro atoms. The van der Waals surface area contributed by atoms with Crippen molar-refractivity contribution in [3.05, 3.63) is 12.7 Å². The smallest absolute Gasteiger partial charge is 0.315 e. The van der Waals surface area contributed by atoms with Gasteiger partial charge in [0.25, 0.3) is 5.91 Å². The predicted molar refractivity (Wildman–Crippen MR) is 179 cm³/mol. The van der Waals surface area contributed by atoms with Gasteiger partial charge in [-0.3, -0.25) is 19.2 Å². The van der Waals surface area contributed by atoms with Gasteiger partial charge in [-0.25, -0.2) is 13.2 Å². The number of carbonyl (C=O) groups is 5. The number of nitrogens with zero attached hydrogens (tertiary/aromatic N) is 1. The van der Waals surface area contributed by atoms with Crippen LogP contribution in [0.4, 0.5) is 4.79 Å². The van der Waals surface area contributed by atoms with Gasteiger partial charge < -0.3 is 26.2 Å². The first-order valence-electron chi connectivity index (χ1n) is 17.4. The summed E-state index contributed by atoms with van der Waals surface area (Å²) in [5.41, 5.74) is -1.08. The van der Waals surface area contributed by atoms with Crippen LogP contribution in [0.15, 0.2) is 12.7 Å². The molecule has 0 aromatic carbocycles. The molecular weight excluding hydrogens is 622 g/mol. The van der Waals surface area contributed by atoms with Crippen molar-refractivity contribution >= 4 is 39.4 Å². The van der Waals surface area contributed by atoms with Crippen molar-refractivity contribution in [2.45, 2.75) is 121 Å². The van der Waals surface area contributed by atoms with E-state index in [2.05, 4.69) is 41.7 Å². The number of hydrogen-bond acceptors (Lipinski definition) is 7. The molecule has 5 atom stereocenters. The Balaban J connectivity index is 1.56. The Kier molecular flexibility index (Phi) is 11.8. The van der Waals surface area contributed by atoms with Crippen LogP contribution in [0.5, 0.6) is 0 Å². The first-order valence-corrected chi connectivity index (χ1v) is 19.5. The van der Waals surface area contributed by atoms with Crippen LogP contribution in [0.1, 0.15) is 97.8 Å². The summed E-state index contributed by atoms with van der Waals surface area (Å²) in [5.74, 6) is -2.68. The third kappa shape index (κ3) is 8.75. The Labute approximate surface area is 279 Å². The highest BCUT2D eigenvalue weighted by molar-refractivity contribution is 7.90. The molecule has 12 nitrogen and oxygen atoms in total. The van der Waals surface area contributed by atoms with Crippen LogP contribution in [-0.4, -0.2) is 91.6 Å². The fourth-order valence-corrected chi connectivity index (χ4v) is 9.88. The van der Waals surface area contributed by atoms with E-state index in [-0.39, 0.29) is 47.8 Å². The third-order valence-electron chi connectivity index (χ3n) is 11.0. The lowest BCUT2D eigenvalue weighted by Gasteiger charge is -2.40. The number of carbonyl (C=O) groups excluding carboxylic acids is 5. The van der Waals surface area contributed by atoms with Crippen molar-refractivity contribution in [3.8, 4) is 0 Å². The van der Waals surface area contributed by atoms with Gasteiger partial charge >= 0.3 is 6.03 Å². The molecule has 4 fully saturated rings. The highest BCUT2D eigenvalue weighted by Gasteiger charge is 2.69. The molecule has 0 radical (unpaired) electrons. The van der Waals surface area contributed by atoms with Crippen LogP contribution in [-0.2, 0) is 29.0 Å². The lowest BCUT2D eigenvalue weighted by atomic mass is 9.82. The SMILES string of the molecule is C=CCNC(=O)C(=O)C(CCC)NC(=O)[C@@H]1[C@@H]2[C@H](CN1C(=O)[C@@H](NC(=O)NC1(CS(C)(=O)=O)CCCCC1)C1CCCCC1)C2(C)C. The van der Waals surface area contributed by atoms with Crippen LogP contribution in [0.25, 0.3) is 0 Å². The molecule has 5 amide bonds. The van der Waals surface area contributed by atoms with E-state index in [0.29, 0.717) is 25.8 Å². The Hall–Kier alpha value is -2.96. The second-order valence-electron chi connectivity index (χ2n) is 15.0. The zero-order chi connectivity index (χ0) is 34.6. The topological polar surface area (TPSA) is 171 Å². The zero-order valence-corrected chi connectivity index (χ0v) is 29.4. The molecule has 264 valence electrons. The van der Waals surface area contributed by atoms with Gasteiger partial charge in [0.15, 0.2) is 0 Å². The summed E-state index contributed by atoms with van der Waals surface area (Å²) in [6, 6.07) is -3.33. The van der Waals surface area contributed by atoms with E-state index < -0.39 is 57.1 Å². The van der Waals surface area contributed by atoms with Crippen molar-refractivity contribution in [3.63, 3.8) is 0 Å². The first-order chi connectivity index (χ1) is 22.1. The van der Waals surface area contributed by atoms with Crippen molar-refractivity contribution in [2.24, 2.45) is 23.2 Å². The van der Waals surface area contributed by atoms with Crippen molar-refractivity contribution in [1.29, 1.82) is 0 Å². The lowest BCUT2D eigenvalue weighted by molar-refractivity contribution is -0.144. The van der Waals surface area contributed by atoms with Crippen molar-refractivity contribution in [2.75, 3.05) is 25.1 Å². The number of Topliss-reactive ketones (excluding diaryl/α,β-unsaturated/α-hetero) is 1. The highest BCUT2D eigenvalue weighted by atomic mass is 32.2. The lowest BCUT2D eigenvalue weighted by Crippen LogP contribution is -2.63. The maximum Gasteiger partial charge on any atom is 0.315 e. The minimum absolute atomic E-state index is 0.0829. The summed E-state index contributed by atoms with van der Waals surface area (Å²) >= 11 is 0. The van der Waals surface area contributed by atoms with Gasteiger partial charge in [0.05, 0.1) is 17.3 Å². The molecule has 13 heteroatoms. The monoisotopic (exact) mass is 677 g/mol. The fraction of sp³-hybridized carbons (Fsp3) is 0.794. The number of likely N-dealkylation sites (tertiary alicyclic amines) is 1. The Morgan fingerprint density at radius 1 is 0.979 bits per heavy atom. The fourth-order valence-electron chi connectivity index (χ4n) is 8.52. The molecule has 4 rings (SSSR count). The molecule has 0 aromatic heterocycles. The maximum absolute atomic E-state index is 14.5. The number of sulfone groups is 1. The molecular formula is C34H55N5O7S. The second kappa shape index (κ2) is 15.1. The minimum Gasteiger partial charge on any atom is -0.346 e. The molecule has 3 saturated carbocycles. The molecule has 4 N–H and O–H groups in total. The van der Waals surface area contributed by atoms with E-state index in [1.165, 1.54) is 12.3 Å². The van der Waals surface area contributed by atoms with Crippen LogP contribution < -0.4 is 21.3 Å². The van der Waals surface area contributed by atoms with E-state index in [0.717, 1.165) is 51.4 Å².